The summed E-state index contributed by atoms with van der Waals surface area (Å²) in [4.78, 5) is 38.7. The standard InChI is InChI=1S/C22H23NO6/c1-14-4-6-16(7-5-14)23-12-15(10-21(23)25)22(26)29-13-19(24)18-9-8-17(27-2)11-20(18)28-3/h4-9,11,15H,10,12-13H2,1-3H3/t15-/m0/s1. The van der Waals surface area contributed by atoms with Crippen molar-refractivity contribution in [3.63, 3.8) is 0 Å². The Bertz CT molecular complexity index is 921. The van der Waals surface area contributed by atoms with E-state index in [-0.39, 0.29) is 18.9 Å². The Kier molecular flexibility index (Phi) is 6.16. The summed E-state index contributed by atoms with van der Waals surface area (Å²) in [7, 11) is 2.96. The van der Waals surface area contributed by atoms with Crippen molar-refractivity contribution >= 4 is 23.3 Å². The van der Waals surface area contributed by atoms with Crippen molar-refractivity contribution in [1.29, 1.82) is 0 Å². The predicted octanol–water partition coefficient (Wildman–Crippen LogP) is 2.79. The first-order valence-corrected chi connectivity index (χ1v) is 9.22. The molecule has 0 unspecified atom stereocenters. The fourth-order valence-electron chi connectivity index (χ4n) is 3.20. The van der Waals surface area contributed by atoms with Gasteiger partial charge in [-0.25, -0.2) is 0 Å². The molecule has 1 atom stereocenters. The minimum Gasteiger partial charge on any atom is -0.497 e. The molecule has 7 nitrogen and oxygen atoms in total. The zero-order chi connectivity index (χ0) is 21.0. The van der Waals surface area contributed by atoms with Gasteiger partial charge in [-0.1, -0.05) is 17.7 Å². The number of aryl methyl sites for hydroxylation is 1. The Morgan fingerprint density at radius 2 is 1.79 bits per heavy atom. The van der Waals surface area contributed by atoms with Gasteiger partial charge in [0, 0.05) is 24.7 Å². The topological polar surface area (TPSA) is 82.1 Å². The minimum absolute atomic E-state index is 0.0623. The molecule has 2 aromatic carbocycles. The number of ether oxygens (including phenoxy) is 3. The van der Waals surface area contributed by atoms with Crippen LogP contribution in [0.25, 0.3) is 0 Å². The number of esters is 1. The van der Waals surface area contributed by atoms with Gasteiger partial charge in [0.1, 0.15) is 11.5 Å². The molecule has 0 aliphatic carbocycles. The summed E-state index contributed by atoms with van der Waals surface area (Å²) in [5.74, 6) is -0.803. The molecule has 1 saturated heterocycles. The number of Topliss-reactive ketones (excluding diaryl/α,β-unsaturated/α-hetero) is 1. The van der Waals surface area contributed by atoms with Crippen LogP contribution < -0.4 is 14.4 Å². The molecule has 7 heteroatoms. The maximum atomic E-state index is 12.5. The van der Waals surface area contributed by atoms with E-state index in [0.29, 0.717) is 17.1 Å². The van der Waals surface area contributed by atoms with Crippen molar-refractivity contribution in [3.8, 4) is 11.5 Å². The lowest BCUT2D eigenvalue weighted by Gasteiger charge is -2.16. The highest BCUT2D eigenvalue weighted by atomic mass is 16.5. The molecule has 0 bridgehead atoms. The summed E-state index contributed by atoms with van der Waals surface area (Å²) < 4.78 is 15.5. The molecular weight excluding hydrogens is 374 g/mol. The summed E-state index contributed by atoms with van der Waals surface area (Å²) in [6.45, 7) is 1.78. The molecular formula is C22H23NO6. The third-order valence-electron chi connectivity index (χ3n) is 4.86. The van der Waals surface area contributed by atoms with E-state index < -0.39 is 24.3 Å². The molecule has 1 fully saturated rings. The molecule has 1 amide bonds. The van der Waals surface area contributed by atoms with Crippen LogP contribution in [0, 0.1) is 12.8 Å². The van der Waals surface area contributed by atoms with Crippen molar-refractivity contribution in [2.45, 2.75) is 13.3 Å². The predicted molar refractivity (Wildman–Crippen MR) is 106 cm³/mol. The second-order valence-electron chi connectivity index (χ2n) is 6.84. The highest BCUT2D eigenvalue weighted by Gasteiger charge is 2.36. The highest BCUT2D eigenvalue weighted by molar-refractivity contribution is 6.02. The summed E-state index contributed by atoms with van der Waals surface area (Å²) >= 11 is 0. The Morgan fingerprint density at radius 3 is 2.45 bits per heavy atom. The second kappa shape index (κ2) is 8.77. The number of nitrogens with zero attached hydrogens (tertiary/aromatic N) is 1. The summed E-state index contributed by atoms with van der Waals surface area (Å²) in [5.41, 5.74) is 2.13. The average molecular weight is 397 g/mol. The van der Waals surface area contributed by atoms with Crippen LogP contribution in [0.4, 0.5) is 5.69 Å². The lowest BCUT2D eigenvalue weighted by atomic mass is 10.1. The Balaban J connectivity index is 1.60. The normalized spacial score (nSPS) is 15.9. The molecule has 0 N–H and O–H groups in total. The van der Waals surface area contributed by atoms with E-state index in [1.165, 1.54) is 14.2 Å². The van der Waals surface area contributed by atoms with Gasteiger partial charge in [-0.15, -0.1) is 0 Å². The van der Waals surface area contributed by atoms with E-state index in [1.807, 2.05) is 31.2 Å². The largest absolute Gasteiger partial charge is 0.497 e. The third kappa shape index (κ3) is 4.56. The van der Waals surface area contributed by atoms with Gasteiger partial charge >= 0.3 is 5.97 Å². The van der Waals surface area contributed by atoms with Crippen molar-refractivity contribution in [2.24, 2.45) is 5.92 Å². The van der Waals surface area contributed by atoms with Crippen molar-refractivity contribution in [1.82, 2.24) is 0 Å². The second-order valence-corrected chi connectivity index (χ2v) is 6.84. The number of anilines is 1. The Labute approximate surface area is 169 Å². The molecule has 1 heterocycles. The van der Waals surface area contributed by atoms with Crippen LogP contribution in [0.1, 0.15) is 22.3 Å². The molecule has 0 aromatic heterocycles. The number of carbonyl (C=O) groups excluding carboxylic acids is 3. The maximum absolute atomic E-state index is 12.5. The minimum atomic E-state index is -0.602. The number of hydrogen-bond acceptors (Lipinski definition) is 6. The average Bonchev–Trinajstić information content (AvgIpc) is 3.13. The summed E-state index contributed by atoms with van der Waals surface area (Å²) in [5, 5.41) is 0. The maximum Gasteiger partial charge on any atom is 0.311 e. The lowest BCUT2D eigenvalue weighted by Crippen LogP contribution is -2.27. The van der Waals surface area contributed by atoms with Gasteiger partial charge in [0.05, 0.1) is 25.7 Å². The first-order chi connectivity index (χ1) is 13.9. The van der Waals surface area contributed by atoms with Gasteiger partial charge in [0.15, 0.2) is 6.61 Å². The van der Waals surface area contributed by atoms with Crippen LogP contribution in [0.5, 0.6) is 11.5 Å². The zero-order valence-corrected chi connectivity index (χ0v) is 16.6. The number of ketones is 1. The summed E-state index contributed by atoms with van der Waals surface area (Å²) in [6, 6.07) is 12.3. The Morgan fingerprint density at radius 1 is 1.07 bits per heavy atom. The molecule has 1 aliphatic rings. The third-order valence-corrected chi connectivity index (χ3v) is 4.86. The molecule has 29 heavy (non-hydrogen) atoms. The van der Waals surface area contributed by atoms with E-state index in [9.17, 15) is 14.4 Å². The first kappa shape index (κ1) is 20.4. The fourth-order valence-corrected chi connectivity index (χ4v) is 3.20. The van der Waals surface area contributed by atoms with E-state index in [0.717, 1.165) is 11.3 Å². The monoisotopic (exact) mass is 397 g/mol. The number of rotatable bonds is 7. The molecule has 0 radical (unpaired) electrons. The Hall–Kier alpha value is -3.35. The van der Waals surface area contributed by atoms with E-state index in [4.69, 9.17) is 14.2 Å². The van der Waals surface area contributed by atoms with Gasteiger partial charge in [-0.2, -0.15) is 0 Å². The van der Waals surface area contributed by atoms with Crippen LogP contribution >= 0.6 is 0 Å². The van der Waals surface area contributed by atoms with Gasteiger partial charge in [0.25, 0.3) is 0 Å². The van der Waals surface area contributed by atoms with Crippen LogP contribution in [-0.2, 0) is 14.3 Å². The molecule has 152 valence electrons. The number of methoxy groups -OCH3 is 2. The van der Waals surface area contributed by atoms with E-state index in [2.05, 4.69) is 0 Å². The van der Waals surface area contributed by atoms with Crippen molar-refractivity contribution in [2.75, 3.05) is 32.3 Å². The van der Waals surface area contributed by atoms with Gasteiger partial charge in [-0.3, -0.25) is 14.4 Å². The van der Waals surface area contributed by atoms with Crippen LogP contribution in [0.3, 0.4) is 0 Å². The quantitative estimate of drug-likeness (QED) is 0.528. The highest BCUT2D eigenvalue weighted by Crippen LogP contribution is 2.27. The van der Waals surface area contributed by atoms with E-state index in [1.54, 1.807) is 23.1 Å². The first-order valence-electron chi connectivity index (χ1n) is 9.22. The number of hydrogen-bond donors (Lipinski definition) is 0. The van der Waals surface area contributed by atoms with E-state index >= 15 is 0 Å². The molecule has 0 spiro atoms. The van der Waals surface area contributed by atoms with Crippen LogP contribution in [-0.4, -0.2) is 45.0 Å². The van der Waals surface area contributed by atoms with Gasteiger partial charge in [-0.05, 0) is 31.2 Å². The number of carbonyl (C=O) groups is 3. The SMILES string of the molecule is COc1ccc(C(=O)COC(=O)[C@H]2CC(=O)N(c3ccc(C)cc3)C2)c(OC)c1. The molecule has 3 rings (SSSR count). The van der Waals surface area contributed by atoms with Gasteiger partial charge < -0.3 is 19.1 Å². The molecule has 0 saturated carbocycles. The van der Waals surface area contributed by atoms with Crippen LogP contribution in [0.15, 0.2) is 42.5 Å². The van der Waals surface area contributed by atoms with Crippen molar-refractivity contribution in [3.05, 3.63) is 53.6 Å². The smallest absolute Gasteiger partial charge is 0.311 e. The van der Waals surface area contributed by atoms with Crippen molar-refractivity contribution < 1.29 is 28.6 Å². The molecule has 2 aromatic rings. The van der Waals surface area contributed by atoms with Gasteiger partial charge in [0.2, 0.25) is 11.7 Å². The fraction of sp³-hybridized carbons (Fsp3) is 0.318. The van der Waals surface area contributed by atoms with Crippen LogP contribution in [0.2, 0.25) is 0 Å². The zero-order valence-electron chi connectivity index (χ0n) is 16.6. The summed E-state index contributed by atoms with van der Waals surface area (Å²) in [6.07, 6.45) is 0.0623. The molecule has 1 aliphatic heterocycles. The lowest BCUT2D eigenvalue weighted by molar-refractivity contribution is -0.147. The number of amides is 1. The number of benzene rings is 2.